The molecule has 0 aliphatic carbocycles. The van der Waals surface area contributed by atoms with Gasteiger partial charge in [0.1, 0.15) is 0 Å². The van der Waals surface area contributed by atoms with Crippen LogP contribution in [0.2, 0.25) is 0 Å². The summed E-state index contributed by atoms with van der Waals surface area (Å²) in [6.07, 6.45) is 8.27. The molecule has 0 aromatic heterocycles. The zero-order valence-corrected chi connectivity index (χ0v) is 5.83. The molecular formula is C8H10N2. The molecule has 2 nitrogen and oxygen atoms in total. The molecule has 0 bridgehead atoms. The van der Waals surface area contributed by atoms with Gasteiger partial charge in [-0.05, 0) is 30.7 Å². The third-order valence-electron chi connectivity index (χ3n) is 1.95. The Kier molecular flexibility index (Phi) is 1.38. The first-order valence-corrected chi connectivity index (χ1v) is 3.67. The van der Waals surface area contributed by atoms with Gasteiger partial charge in [0, 0.05) is 6.21 Å². The molecule has 0 aromatic rings. The summed E-state index contributed by atoms with van der Waals surface area (Å²) in [5.41, 5.74) is 1.46. The Bertz CT molecular complexity index is 213. The highest BCUT2D eigenvalue weighted by Gasteiger charge is 2.15. The van der Waals surface area contributed by atoms with Crippen LogP contribution in [-0.4, -0.2) is 25.0 Å². The van der Waals surface area contributed by atoms with E-state index in [1.165, 1.54) is 5.57 Å². The number of nitrogens with zero attached hydrogens (tertiary/aromatic N) is 2. The second-order valence-electron chi connectivity index (χ2n) is 2.64. The van der Waals surface area contributed by atoms with Crippen LogP contribution >= 0.6 is 0 Å². The van der Waals surface area contributed by atoms with Crippen molar-refractivity contribution in [1.29, 1.82) is 0 Å². The first kappa shape index (κ1) is 5.83. The molecule has 2 aliphatic rings. The van der Waals surface area contributed by atoms with E-state index in [1.54, 1.807) is 0 Å². The second kappa shape index (κ2) is 2.37. The van der Waals surface area contributed by atoms with Crippen molar-refractivity contribution in [3.05, 3.63) is 11.6 Å². The van der Waals surface area contributed by atoms with Gasteiger partial charge in [-0.1, -0.05) is 0 Å². The van der Waals surface area contributed by atoms with E-state index in [2.05, 4.69) is 16.1 Å². The van der Waals surface area contributed by atoms with E-state index in [9.17, 15) is 0 Å². The first-order valence-electron chi connectivity index (χ1n) is 3.67. The van der Waals surface area contributed by atoms with Crippen LogP contribution in [0.3, 0.4) is 0 Å². The third kappa shape index (κ3) is 0.897. The van der Waals surface area contributed by atoms with E-state index in [-0.39, 0.29) is 0 Å². The van der Waals surface area contributed by atoms with Gasteiger partial charge in [0.25, 0.3) is 0 Å². The lowest BCUT2D eigenvalue weighted by molar-refractivity contribution is 0.779. The van der Waals surface area contributed by atoms with Crippen molar-refractivity contribution in [2.24, 2.45) is 9.98 Å². The predicted molar refractivity (Wildman–Crippen MR) is 43.0 cm³/mol. The van der Waals surface area contributed by atoms with Crippen molar-refractivity contribution < 1.29 is 0 Å². The number of allylic oxidation sites excluding steroid dienone is 1. The van der Waals surface area contributed by atoms with Crippen LogP contribution in [0.15, 0.2) is 21.6 Å². The Hall–Kier alpha value is -0.920. The molecule has 0 spiro atoms. The predicted octanol–water partition coefficient (Wildman–Crippen LogP) is 1.23. The number of hydrogen-bond donors (Lipinski definition) is 0. The minimum Gasteiger partial charge on any atom is -0.295 e. The molecule has 2 heterocycles. The molecule has 0 fully saturated rings. The molecule has 52 valence electrons. The molecular weight excluding hydrogens is 124 g/mol. The van der Waals surface area contributed by atoms with Crippen molar-refractivity contribution in [2.45, 2.75) is 18.9 Å². The van der Waals surface area contributed by atoms with Gasteiger partial charge in [-0.2, -0.15) is 0 Å². The van der Waals surface area contributed by atoms with Gasteiger partial charge in [-0.3, -0.25) is 9.98 Å². The van der Waals surface area contributed by atoms with E-state index in [0.717, 1.165) is 19.4 Å². The lowest BCUT2D eigenvalue weighted by Crippen LogP contribution is -2.06. The van der Waals surface area contributed by atoms with E-state index in [0.29, 0.717) is 6.04 Å². The molecule has 0 amide bonds. The van der Waals surface area contributed by atoms with Crippen LogP contribution in [0.4, 0.5) is 0 Å². The average molecular weight is 134 g/mol. The van der Waals surface area contributed by atoms with E-state index in [1.807, 2.05) is 12.4 Å². The Labute approximate surface area is 60.4 Å². The minimum atomic E-state index is 0.388. The molecule has 1 atom stereocenters. The summed E-state index contributed by atoms with van der Waals surface area (Å²) in [7, 11) is 0. The molecule has 0 radical (unpaired) electrons. The summed E-state index contributed by atoms with van der Waals surface area (Å²) >= 11 is 0. The SMILES string of the molecule is C1=NCC2N=CC=C2CC1. The van der Waals surface area contributed by atoms with E-state index < -0.39 is 0 Å². The van der Waals surface area contributed by atoms with Crippen LogP contribution in [0.1, 0.15) is 12.8 Å². The Morgan fingerprint density at radius 2 is 2.50 bits per heavy atom. The number of fused-ring (bicyclic) bond motifs is 1. The summed E-state index contributed by atoms with van der Waals surface area (Å²) in [5, 5.41) is 0. The Morgan fingerprint density at radius 3 is 3.50 bits per heavy atom. The van der Waals surface area contributed by atoms with Crippen molar-refractivity contribution in [3.63, 3.8) is 0 Å². The molecule has 0 aromatic carbocycles. The van der Waals surface area contributed by atoms with Crippen molar-refractivity contribution >= 4 is 12.4 Å². The van der Waals surface area contributed by atoms with Crippen LogP contribution < -0.4 is 0 Å². The monoisotopic (exact) mass is 134 g/mol. The van der Waals surface area contributed by atoms with Gasteiger partial charge < -0.3 is 0 Å². The number of aliphatic imine (C=N–C) groups is 2. The van der Waals surface area contributed by atoms with E-state index in [4.69, 9.17) is 0 Å². The number of hydrogen-bond acceptors (Lipinski definition) is 2. The maximum Gasteiger partial charge on any atom is 0.0907 e. The summed E-state index contributed by atoms with van der Waals surface area (Å²) < 4.78 is 0. The lowest BCUT2D eigenvalue weighted by atomic mass is 10.1. The molecule has 1 unspecified atom stereocenters. The topological polar surface area (TPSA) is 24.7 Å². The Morgan fingerprint density at radius 1 is 1.50 bits per heavy atom. The van der Waals surface area contributed by atoms with Gasteiger partial charge in [-0.25, -0.2) is 0 Å². The standard InChI is InChI=1S/C8H10N2/c1-2-7-3-5-10-8(7)6-9-4-1/h3-5,8H,1-2,6H2. The smallest absolute Gasteiger partial charge is 0.0907 e. The summed E-state index contributed by atoms with van der Waals surface area (Å²) in [6.45, 7) is 0.863. The fourth-order valence-electron chi connectivity index (χ4n) is 1.36. The molecule has 2 aliphatic heterocycles. The van der Waals surface area contributed by atoms with Gasteiger partial charge in [0.2, 0.25) is 0 Å². The summed E-state index contributed by atoms with van der Waals surface area (Å²) in [4.78, 5) is 8.52. The molecule has 2 heteroatoms. The average Bonchev–Trinajstić information content (AvgIpc) is 2.28. The van der Waals surface area contributed by atoms with Gasteiger partial charge >= 0.3 is 0 Å². The molecule has 0 N–H and O–H groups in total. The maximum absolute atomic E-state index is 4.29. The summed E-state index contributed by atoms with van der Waals surface area (Å²) in [5.74, 6) is 0. The first-order chi connectivity index (χ1) is 4.97. The van der Waals surface area contributed by atoms with Crippen molar-refractivity contribution in [2.75, 3.05) is 6.54 Å². The van der Waals surface area contributed by atoms with Gasteiger partial charge in [0.05, 0.1) is 12.6 Å². The zero-order chi connectivity index (χ0) is 6.81. The highest BCUT2D eigenvalue weighted by atomic mass is 14.9. The highest BCUT2D eigenvalue weighted by molar-refractivity contribution is 5.76. The minimum absolute atomic E-state index is 0.388. The fourth-order valence-corrected chi connectivity index (χ4v) is 1.36. The molecule has 10 heavy (non-hydrogen) atoms. The van der Waals surface area contributed by atoms with Crippen molar-refractivity contribution in [3.8, 4) is 0 Å². The second-order valence-corrected chi connectivity index (χ2v) is 2.64. The highest BCUT2D eigenvalue weighted by Crippen LogP contribution is 2.18. The zero-order valence-electron chi connectivity index (χ0n) is 5.83. The quantitative estimate of drug-likeness (QED) is 0.476. The van der Waals surface area contributed by atoms with Crippen molar-refractivity contribution in [1.82, 2.24) is 0 Å². The van der Waals surface area contributed by atoms with Gasteiger partial charge in [0.15, 0.2) is 0 Å². The van der Waals surface area contributed by atoms with Crippen LogP contribution in [0.25, 0.3) is 0 Å². The molecule has 0 saturated heterocycles. The molecule has 2 rings (SSSR count). The van der Waals surface area contributed by atoms with Crippen LogP contribution in [0, 0.1) is 0 Å². The Balaban J connectivity index is 2.18. The molecule has 0 saturated carbocycles. The normalized spacial score (nSPS) is 29.6. The third-order valence-corrected chi connectivity index (χ3v) is 1.95. The largest absolute Gasteiger partial charge is 0.295 e. The van der Waals surface area contributed by atoms with Crippen LogP contribution in [0.5, 0.6) is 0 Å². The van der Waals surface area contributed by atoms with E-state index >= 15 is 0 Å². The maximum atomic E-state index is 4.29. The number of rotatable bonds is 0. The summed E-state index contributed by atoms with van der Waals surface area (Å²) in [6, 6.07) is 0.388. The van der Waals surface area contributed by atoms with Crippen LogP contribution in [-0.2, 0) is 0 Å². The fraction of sp³-hybridized carbons (Fsp3) is 0.500. The van der Waals surface area contributed by atoms with Gasteiger partial charge in [-0.15, -0.1) is 0 Å². The lowest BCUT2D eigenvalue weighted by Gasteiger charge is -2.04.